The largest absolute Gasteiger partial charge is 0.245 e. The van der Waals surface area contributed by atoms with Crippen LogP contribution in [-0.2, 0) is 15.1 Å². The minimum atomic E-state index is -2.30. The maximum Gasteiger partial charge on any atom is 0.0824 e. The van der Waals surface area contributed by atoms with Crippen molar-refractivity contribution in [1.29, 1.82) is 0 Å². The van der Waals surface area contributed by atoms with Gasteiger partial charge in [0.25, 0.3) is 0 Å². The molecule has 1 heterocycles. The summed E-state index contributed by atoms with van der Waals surface area (Å²) >= 11 is 0. The van der Waals surface area contributed by atoms with Crippen LogP contribution >= 0.6 is 0 Å². The third-order valence-electron chi connectivity index (χ3n) is 3.92. The van der Waals surface area contributed by atoms with E-state index in [9.17, 15) is 4.21 Å². The van der Waals surface area contributed by atoms with Crippen molar-refractivity contribution in [2.24, 2.45) is 4.36 Å². The molecule has 1 aliphatic heterocycles. The summed E-state index contributed by atoms with van der Waals surface area (Å²) in [6.07, 6.45) is 3.72. The lowest BCUT2D eigenvalue weighted by molar-refractivity contribution is 0.590. The highest BCUT2D eigenvalue weighted by molar-refractivity contribution is 7.93. The topological polar surface area (TPSA) is 29.4 Å². The summed E-state index contributed by atoms with van der Waals surface area (Å²) in [4.78, 5) is 0.840. The number of rotatable bonds is 1. The van der Waals surface area contributed by atoms with Crippen LogP contribution in [0.25, 0.3) is 11.8 Å². The number of nitrogens with zero attached hydrogens (tertiary/aromatic N) is 1. The molecule has 0 amide bonds. The van der Waals surface area contributed by atoms with Crippen LogP contribution in [0, 0.1) is 0 Å². The third-order valence-corrected chi connectivity index (χ3v) is 5.64. The van der Waals surface area contributed by atoms with Gasteiger partial charge in [0, 0.05) is 11.8 Å². The van der Waals surface area contributed by atoms with E-state index in [4.69, 9.17) is 0 Å². The molecular formula is C19H21NOS. The molecule has 0 radical (unpaired) electrons. The fraction of sp³-hybridized carbons (Fsp3) is 0.263. The van der Waals surface area contributed by atoms with Crippen LogP contribution in [0.1, 0.15) is 37.5 Å². The molecule has 3 rings (SSSR count). The Balaban J connectivity index is 2.04. The van der Waals surface area contributed by atoms with E-state index in [2.05, 4.69) is 49.4 Å². The van der Waals surface area contributed by atoms with Gasteiger partial charge in [0.1, 0.15) is 0 Å². The first-order valence-electron chi connectivity index (χ1n) is 7.41. The molecule has 0 bridgehead atoms. The molecule has 0 aliphatic carbocycles. The molecule has 0 spiro atoms. The van der Waals surface area contributed by atoms with Crippen LogP contribution in [0.2, 0.25) is 0 Å². The maximum atomic E-state index is 12.6. The van der Waals surface area contributed by atoms with E-state index in [-0.39, 0.29) is 5.41 Å². The lowest BCUT2D eigenvalue weighted by Gasteiger charge is -2.18. The van der Waals surface area contributed by atoms with Crippen molar-refractivity contribution in [1.82, 2.24) is 0 Å². The van der Waals surface area contributed by atoms with E-state index in [0.29, 0.717) is 0 Å². The summed E-state index contributed by atoms with van der Waals surface area (Å²) < 4.78 is 17.0. The molecule has 2 aromatic carbocycles. The van der Waals surface area contributed by atoms with Crippen molar-refractivity contribution in [2.45, 2.75) is 31.1 Å². The lowest BCUT2D eigenvalue weighted by Crippen LogP contribution is -2.10. The summed E-state index contributed by atoms with van der Waals surface area (Å²) in [5.74, 6) is 0. The lowest BCUT2D eigenvalue weighted by atomic mass is 9.86. The molecule has 0 fully saturated rings. The second-order valence-electron chi connectivity index (χ2n) is 6.79. The van der Waals surface area contributed by atoms with E-state index < -0.39 is 9.73 Å². The maximum absolute atomic E-state index is 12.6. The molecule has 0 N–H and O–H groups in total. The molecule has 0 aromatic heterocycles. The van der Waals surface area contributed by atoms with Gasteiger partial charge < -0.3 is 0 Å². The second-order valence-corrected chi connectivity index (χ2v) is 9.02. The first-order valence-corrected chi connectivity index (χ1v) is 9.33. The summed E-state index contributed by atoms with van der Waals surface area (Å²) in [7, 11) is -2.30. The highest BCUT2D eigenvalue weighted by Gasteiger charge is 2.22. The molecule has 0 saturated carbocycles. The van der Waals surface area contributed by atoms with Gasteiger partial charge in [-0.2, -0.15) is 4.36 Å². The van der Waals surface area contributed by atoms with Gasteiger partial charge in [-0.15, -0.1) is 0 Å². The van der Waals surface area contributed by atoms with E-state index >= 15 is 0 Å². The average molecular weight is 311 g/mol. The van der Waals surface area contributed by atoms with Gasteiger partial charge >= 0.3 is 0 Å². The fourth-order valence-corrected chi connectivity index (χ4v) is 4.17. The zero-order valence-electron chi connectivity index (χ0n) is 13.5. The molecule has 1 aliphatic rings. The minimum Gasteiger partial charge on any atom is -0.245 e. The van der Waals surface area contributed by atoms with Crippen molar-refractivity contribution >= 4 is 21.5 Å². The highest BCUT2D eigenvalue weighted by Crippen LogP contribution is 2.35. The quantitative estimate of drug-likeness (QED) is 0.732. The van der Waals surface area contributed by atoms with Crippen molar-refractivity contribution in [3.8, 4) is 0 Å². The number of fused-ring (bicyclic) bond motifs is 1. The van der Waals surface area contributed by atoms with Crippen LogP contribution in [0.3, 0.4) is 0 Å². The molecule has 1 unspecified atom stereocenters. The summed E-state index contributed by atoms with van der Waals surface area (Å²) in [5, 5.41) is 0. The molecule has 3 heteroatoms. The van der Waals surface area contributed by atoms with Crippen LogP contribution in [0.15, 0.2) is 57.8 Å². The second kappa shape index (κ2) is 5.10. The Morgan fingerprint density at radius 3 is 2.27 bits per heavy atom. The summed E-state index contributed by atoms with van der Waals surface area (Å²) in [6.45, 7) is 6.61. The van der Waals surface area contributed by atoms with Gasteiger partial charge in [0.05, 0.1) is 20.3 Å². The van der Waals surface area contributed by atoms with Crippen molar-refractivity contribution < 1.29 is 4.21 Å². The summed E-state index contributed by atoms with van der Waals surface area (Å²) in [5.41, 5.74) is 4.33. The predicted molar refractivity (Wildman–Crippen MR) is 94.2 cm³/mol. The Morgan fingerprint density at radius 1 is 1.00 bits per heavy atom. The van der Waals surface area contributed by atoms with Crippen molar-refractivity contribution in [3.63, 3.8) is 0 Å². The van der Waals surface area contributed by atoms with Crippen LogP contribution in [0.5, 0.6) is 0 Å². The van der Waals surface area contributed by atoms with E-state index in [1.54, 1.807) is 6.26 Å². The van der Waals surface area contributed by atoms with Gasteiger partial charge in [0.15, 0.2) is 0 Å². The van der Waals surface area contributed by atoms with Crippen molar-refractivity contribution in [3.05, 3.63) is 65.2 Å². The van der Waals surface area contributed by atoms with Gasteiger partial charge in [-0.25, -0.2) is 4.21 Å². The van der Waals surface area contributed by atoms with Crippen LogP contribution < -0.4 is 0 Å². The minimum absolute atomic E-state index is 0.147. The normalized spacial score (nSPS) is 22.5. The standard InChI is InChI=1S/C19H21NOS/c1-19(2,3)15-11-9-14(10-12-15)13-17-16-7-5-6-8-18(16)22(4,21)20-17/h5-13H,1-4H3/b17-13+. The van der Waals surface area contributed by atoms with E-state index in [1.807, 2.05) is 30.3 Å². The Labute approximate surface area is 133 Å². The van der Waals surface area contributed by atoms with Gasteiger partial charge in [-0.3, -0.25) is 0 Å². The van der Waals surface area contributed by atoms with Crippen LogP contribution in [0.4, 0.5) is 0 Å². The number of hydrogen-bond donors (Lipinski definition) is 0. The Kier molecular flexibility index (Phi) is 3.48. The smallest absolute Gasteiger partial charge is 0.0824 e. The first kappa shape index (κ1) is 15.0. The average Bonchev–Trinajstić information content (AvgIpc) is 2.70. The molecular weight excluding hydrogens is 290 g/mol. The number of hydrogen-bond acceptors (Lipinski definition) is 2. The predicted octanol–water partition coefficient (Wildman–Crippen LogP) is 4.95. The Hall–Kier alpha value is -1.87. The molecule has 22 heavy (non-hydrogen) atoms. The molecule has 1 atom stereocenters. The van der Waals surface area contributed by atoms with Gasteiger partial charge in [-0.05, 0) is 28.7 Å². The van der Waals surface area contributed by atoms with Gasteiger partial charge in [0.2, 0.25) is 0 Å². The number of benzene rings is 2. The Morgan fingerprint density at radius 2 is 1.64 bits per heavy atom. The molecule has 114 valence electrons. The summed E-state index contributed by atoms with van der Waals surface area (Å²) in [6, 6.07) is 16.3. The SMILES string of the molecule is CC(C)(C)c1ccc(/C=C2/N=S(C)(=O)c3ccccc32)cc1. The highest BCUT2D eigenvalue weighted by atomic mass is 32.2. The van der Waals surface area contributed by atoms with E-state index in [1.165, 1.54) is 5.56 Å². The molecule has 2 nitrogen and oxygen atoms in total. The molecule has 2 aromatic rings. The fourth-order valence-electron chi connectivity index (χ4n) is 2.64. The zero-order valence-corrected chi connectivity index (χ0v) is 14.3. The third kappa shape index (κ3) is 2.73. The zero-order chi connectivity index (χ0) is 16.0. The van der Waals surface area contributed by atoms with Crippen molar-refractivity contribution in [2.75, 3.05) is 6.26 Å². The first-order chi connectivity index (χ1) is 10.3. The van der Waals surface area contributed by atoms with E-state index in [0.717, 1.165) is 21.7 Å². The van der Waals surface area contributed by atoms with Gasteiger partial charge in [-0.1, -0.05) is 63.2 Å². The Bertz CT molecular complexity index is 861. The van der Waals surface area contributed by atoms with Crippen LogP contribution in [-0.4, -0.2) is 10.5 Å². The monoisotopic (exact) mass is 311 g/mol. The molecule has 0 saturated heterocycles.